The number of carbonyl (C=O) groups is 2. The predicted octanol–water partition coefficient (Wildman–Crippen LogP) is 7.12. The van der Waals surface area contributed by atoms with Gasteiger partial charge in [0.1, 0.15) is 10.6 Å². The molecule has 6 nitrogen and oxygen atoms in total. The Labute approximate surface area is 221 Å². The summed E-state index contributed by atoms with van der Waals surface area (Å²) >= 11 is 19.0. The molecule has 180 valence electrons. The summed E-state index contributed by atoms with van der Waals surface area (Å²) in [6, 6.07) is 15.8. The molecular weight excluding hydrogens is 525 g/mol. The Bertz CT molecular complexity index is 1440. The third-order valence-electron chi connectivity index (χ3n) is 4.78. The van der Waals surface area contributed by atoms with Crippen molar-refractivity contribution in [1.82, 2.24) is 10.6 Å². The molecule has 35 heavy (non-hydrogen) atoms. The minimum absolute atomic E-state index is 0.0807. The summed E-state index contributed by atoms with van der Waals surface area (Å²) in [5.41, 5.74) is 1.01. The lowest BCUT2D eigenvalue weighted by atomic mass is 10.1. The molecule has 0 bridgehead atoms. The van der Waals surface area contributed by atoms with Gasteiger partial charge in [-0.15, -0.1) is 11.3 Å². The Morgan fingerprint density at radius 3 is 2.37 bits per heavy atom. The van der Waals surface area contributed by atoms with Crippen molar-refractivity contribution in [2.24, 2.45) is 0 Å². The van der Waals surface area contributed by atoms with Crippen LogP contribution in [0.4, 0.5) is 5.69 Å². The Kier molecular flexibility index (Phi) is 7.19. The molecule has 4 rings (SSSR count). The molecule has 2 heterocycles. The second-order valence-electron chi connectivity index (χ2n) is 8.71. The molecule has 2 aromatic heterocycles. The summed E-state index contributed by atoms with van der Waals surface area (Å²) in [7, 11) is 0. The first kappa shape index (κ1) is 25.2. The van der Waals surface area contributed by atoms with Gasteiger partial charge in [-0.05, 0) is 75.5 Å². The van der Waals surface area contributed by atoms with E-state index in [0.717, 1.165) is 10.3 Å². The second-order valence-corrected chi connectivity index (χ2v) is 11.0. The van der Waals surface area contributed by atoms with E-state index >= 15 is 0 Å². The van der Waals surface area contributed by atoms with E-state index < -0.39 is 11.4 Å². The molecule has 0 unspecified atom stereocenters. The largest absolute Gasteiger partial charge is 0.451 e. The number of carbonyl (C=O) groups excluding carboxylic acids is 2. The number of hydrogen-bond donors (Lipinski definition) is 3. The number of rotatable bonds is 4. The maximum Gasteiger partial charge on any atom is 0.293 e. The van der Waals surface area contributed by atoms with Gasteiger partial charge in [0.2, 0.25) is 0 Å². The van der Waals surface area contributed by atoms with Crippen LogP contribution in [0.2, 0.25) is 10.0 Å². The number of thiocarbonyl (C=S) groups is 1. The minimum Gasteiger partial charge on any atom is -0.451 e. The van der Waals surface area contributed by atoms with E-state index in [1.54, 1.807) is 48.5 Å². The monoisotopic (exact) mass is 545 g/mol. The van der Waals surface area contributed by atoms with Gasteiger partial charge in [-0.25, -0.2) is 0 Å². The molecule has 2 aromatic carbocycles. The molecule has 4 aromatic rings. The van der Waals surface area contributed by atoms with E-state index in [1.165, 1.54) is 11.3 Å². The van der Waals surface area contributed by atoms with Crippen LogP contribution in [-0.2, 0) is 0 Å². The first-order chi connectivity index (χ1) is 16.5. The third-order valence-corrected chi connectivity index (χ3v) is 6.98. The van der Waals surface area contributed by atoms with Crippen LogP contribution in [0, 0.1) is 0 Å². The zero-order chi connectivity index (χ0) is 25.3. The highest BCUT2D eigenvalue weighted by molar-refractivity contribution is 7.80. The molecule has 0 radical (unpaired) electrons. The molecule has 0 fully saturated rings. The van der Waals surface area contributed by atoms with Crippen molar-refractivity contribution < 1.29 is 14.0 Å². The molecule has 10 heteroatoms. The number of nitrogens with one attached hydrogen (secondary N) is 3. The number of hydrogen-bond acceptors (Lipinski definition) is 5. The summed E-state index contributed by atoms with van der Waals surface area (Å²) in [5.74, 6) is -0.105. The maximum atomic E-state index is 12.7. The first-order valence-corrected chi connectivity index (χ1v) is 12.5. The first-order valence-electron chi connectivity index (χ1n) is 10.5. The Morgan fingerprint density at radius 1 is 0.971 bits per heavy atom. The Morgan fingerprint density at radius 2 is 1.69 bits per heavy atom. The number of thiophene rings is 1. The van der Waals surface area contributed by atoms with Crippen molar-refractivity contribution in [3.05, 3.63) is 75.3 Å². The maximum absolute atomic E-state index is 12.7. The zero-order valence-electron chi connectivity index (χ0n) is 19.0. The average molecular weight is 547 g/mol. The predicted molar refractivity (Wildman–Crippen MR) is 147 cm³/mol. The number of furan rings is 1. The standard InChI is InChI=1S/C25H21Cl2N3O3S2/c1-25(2,3)30-23(32)21-19(27)15-5-4-6-16(20(15)35-21)28-24(34)29-22(31)18-12-11-17(33-18)13-7-9-14(26)10-8-13/h4-12H,1-3H3,(H,30,32)(H2,28,29,31,34). The van der Waals surface area contributed by atoms with Gasteiger partial charge in [0, 0.05) is 21.5 Å². The Balaban J connectivity index is 1.49. The molecule has 0 saturated carbocycles. The summed E-state index contributed by atoms with van der Waals surface area (Å²) in [6.45, 7) is 5.70. The quantitative estimate of drug-likeness (QED) is 0.237. The summed E-state index contributed by atoms with van der Waals surface area (Å²) in [6.07, 6.45) is 0. The number of fused-ring (bicyclic) bond motifs is 1. The van der Waals surface area contributed by atoms with Gasteiger partial charge in [0.25, 0.3) is 11.8 Å². The lowest BCUT2D eigenvalue weighted by Gasteiger charge is -2.19. The fraction of sp³-hybridized carbons (Fsp3) is 0.160. The van der Waals surface area contributed by atoms with Crippen LogP contribution in [0.25, 0.3) is 21.4 Å². The molecule has 3 N–H and O–H groups in total. The summed E-state index contributed by atoms with van der Waals surface area (Å²) in [5, 5.41) is 10.3. The van der Waals surface area contributed by atoms with Crippen molar-refractivity contribution in [3.8, 4) is 11.3 Å². The van der Waals surface area contributed by atoms with Crippen LogP contribution in [0.3, 0.4) is 0 Å². The highest BCUT2D eigenvalue weighted by atomic mass is 35.5. The van der Waals surface area contributed by atoms with E-state index in [0.29, 0.717) is 31.8 Å². The van der Waals surface area contributed by atoms with Gasteiger partial charge in [-0.3, -0.25) is 14.9 Å². The van der Waals surface area contributed by atoms with E-state index in [-0.39, 0.29) is 16.8 Å². The zero-order valence-corrected chi connectivity index (χ0v) is 22.1. The van der Waals surface area contributed by atoms with Crippen molar-refractivity contribution >= 4 is 79.5 Å². The SMILES string of the molecule is CC(C)(C)NC(=O)c1sc2c(NC(=S)NC(=O)c3ccc(-c4ccc(Cl)cc4)o3)cccc2c1Cl. The third kappa shape index (κ3) is 5.85. The molecular formula is C25H21Cl2N3O3S2. The number of anilines is 1. The number of halogens is 2. The van der Waals surface area contributed by atoms with Gasteiger partial charge in [-0.2, -0.15) is 0 Å². The van der Waals surface area contributed by atoms with Gasteiger partial charge < -0.3 is 15.1 Å². The Hall–Kier alpha value is -2.91. The van der Waals surface area contributed by atoms with Gasteiger partial charge >= 0.3 is 0 Å². The highest BCUT2D eigenvalue weighted by Gasteiger charge is 2.23. The molecule has 0 aliphatic carbocycles. The van der Waals surface area contributed by atoms with Gasteiger partial charge in [-0.1, -0.05) is 35.3 Å². The van der Waals surface area contributed by atoms with Crippen LogP contribution in [0.15, 0.2) is 59.0 Å². The minimum atomic E-state index is -0.496. The van der Waals surface area contributed by atoms with Gasteiger partial charge in [0.15, 0.2) is 10.9 Å². The topological polar surface area (TPSA) is 83.4 Å². The summed E-state index contributed by atoms with van der Waals surface area (Å²) < 4.78 is 6.42. The van der Waals surface area contributed by atoms with Crippen molar-refractivity contribution in [2.45, 2.75) is 26.3 Å². The highest BCUT2D eigenvalue weighted by Crippen LogP contribution is 2.39. The second kappa shape index (κ2) is 9.99. The van der Waals surface area contributed by atoms with Crippen molar-refractivity contribution in [3.63, 3.8) is 0 Å². The molecule has 0 saturated heterocycles. The fourth-order valence-electron chi connectivity index (χ4n) is 3.28. The van der Waals surface area contributed by atoms with Crippen molar-refractivity contribution in [2.75, 3.05) is 5.32 Å². The molecule has 0 aliphatic rings. The molecule has 0 atom stereocenters. The molecule has 2 amide bonds. The van der Waals surface area contributed by atoms with Crippen LogP contribution in [0.1, 0.15) is 41.0 Å². The molecule has 0 spiro atoms. The normalized spacial score (nSPS) is 11.3. The fourth-order valence-corrected chi connectivity index (χ4v) is 5.08. The lowest BCUT2D eigenvalue weighted by Crippen LogP contribution is -2.40. The molecule has 0 aliphatic heterocycles. The lowest BCUT2D eigenvalue weighted by molar-refractivity contribution is 0.0921. The number of benzene rings is 2. The van der Waals surface area contributed by atoms with E-state index in [4.69, 9.17) is 39.8 Å². The van der Waals surface area contributed by atoms with Crippen LogP contribution in [0.5, 0.6) is 0 Å². The van der Waals surface area contributed by atoms with Crippen LogP contribution in [-0.4, -0.2) is 22.5 Å². The van der Waals surface area contributed by atoms with Crippen molar-refractivity contribution in [1.29, 1.82) is 0 Å². The van der Waals surface area contributed by atoms with Gasteiger partial charge in [0.05, 0.1) is 15.4 Å². The average Bonchev–Trinajstić information content (AvgIpc) is 3.39. The summed E-state index contributed by atoms with van der Waals surface area (Å²) in [4.78, 5) is 25.8. The van der Waals surface area contributed by atoms with E-state index in [1.807, 2.05) is 26.8 Å². The van der Waals surface area contributed by atoms with Crippen LogP contribution >= 0.6 is 46.8 Å². The van der Waals surface area contributed by atoms with E-state index in [2.05, 4.69) is 16.0 Å². The smallest absolute Gasteiger partial charge is 0.293 e. The van der Waals surface area contributed by atoms with Crippen LogP contribution < -0.4 is 16.0 Å². The number of amides is 2. The van der Waals surface area contributed by atoms with E-state index in [9.17, 15) is 9.59 Å².